The van der Waals surface area contributed by atoms with E-state index in [9.17, 15) is 10.1 Å². The molecule has 1 aliphatic rings. The van der Waals surface area contributed by atoms with Crippen molar-refractivity contribution in [3.8, 4) is 5.75 Å². The van der Waals surface area contributed by atoms with Crippen LogP contribution in [0.25, 0.3) is 0 Å². The van der Waals surface area contributed by atoms with Crippen molar-refractivity contribution < 1.29 is 14.4 Å². The lowest BCUT2D eigenvalue weighted by atomic mass is 10.1. The van der Waals surface area contributed by atoms with Gasteiger partial charge in [0.05, 0.1) is 11.0 Å². The van der Waals surface area contributed by atoms with Crippen LogP contribution < -0.4 is 4.74 Å². The van der Waals surface area contributed by atoms with Crippen molar-refractivity contribution in [1.29, 1.82) is 0 Å². The molecule has 0 spiro atoms. The van der Waals surface area contributed by atoms with Gasteiger partial charge in [-0.15, -0.1) is 0 Å². The van der Waals surface area contributed by atoms with E-state index in [0.717, 1.165) is 11.1 Å². The second-order valence-corrected chi connectivity index (χ2v) is 5.02. The molecule has 0 aliphatic carbocycles. The van der Waals surface area contributed by atoms with E-state index in [1.807, 2.05) is 43.3 Å². The summed E-state index contributed by atoms with van der Waals surface area (Å²) in [6, 6.07) is 14.6. The molecule has 2 atom stereocenters. The molecule has 1 aliphatic heterocycles. The van der Waals surface area contributed by atoms with Gasteiger partial charge in [-0.05, 0) is 24.1 Å². The Balaban J connectivity index is 1.79. The van der Waals surface area contributed by atoms with Gasteiger partial charge in [0.15, 0.2) is 5.75 Å². The van der Waals surface area contributed by atoms with Gasteiger partial charge in [0, 0.05) is 6.07 Å². The van der Waals surface area contributed by atoms with Gasteiger partial charge in [-0.2, -0.15) is 0 Å². The Bertz CT molecular complexity index is 657. The van der Waals surface area contributed by atoms with Crippen LogP contribution in [0.3, 0.4) is 0 Å². The Labute approximate surface area is 122 Å². The van der Waals surface area contributed by atoms with Crippen LogP contribution in [0.5, 0.6) is 5.75 Å². The van der Waals surface area contributed by atoms with Gasteiger partial charge in [-0.3, -0.25) is 10.1 Å². The normalized spacial score (nSPS) is 20.0. The molecule has 21 heavy (non-hydrogen) atoms. The van der Waals surface area contributed by atoms with E-state index in [0.29, 0.717) is 6.61 Å². The average molecular weight is 285 g/mol. The third-order valence-corrected chi connectivity index (χ3v) is 3.46. The summed E-state index contributed by atoms with van der Waals surface area (Å²) in [5, 5.41) is 11.2. The first kappa shape index (κ1) is 13.6. The zero-order valence-electron chi connectivity index (χ0n) is 11.6. The van der Waals surface area contributed by atoms with Crippen LogP contribution in [0.2, 0.25) is 0 Å². The van der Waals surface area contributed by atoms with Gasteiger partial charge in [0.25, 0.3) is 0 Å². The highest BCUT2D eigenvalue weighted by atomic mass is 16.6. The summed E-state index contributed by atoms with van der Waals surface area (Å²) in [6.07, 6.45) is 0.0903. The zero-order chi connectivity index (χ0) is 14.8. The van der Waals surface area contributed by atoms with Crippen LogP contribution in [0.4, 0.5) is 5.69 Å². The van der Waals surface area contributed by atoms with Crippen molar-refractivity contribution in [2.45, 2.75) is 25.7 Å². The Morgan fingerprint density at radius 2 is 1.95 bits per heavy atom. The highest BCUT2D eigenvalue weighted by molar-refractivity contribution is 5.50. The minimum Gasteiger partial charge on any atom is -0.482 e. The van der Waals surface area contributed by atoms with E-state index in [-0.39, 0.29) is 23.6 Å². The van der Waals surface area contributed by atoms with Crippen molar-refractivity contribution in [2.24, 2.45) is 0 Å². The summed E-state index contributed by atoms with van der Waals surface area (Å²) >= 11 is 0. The SMILES string of the molecule is CC1OC1c1ccc(OCc2ccccc2)c([N+](=O)[O-])c1. The quantitative estimate of drug-likeness (QED) is 0.478. The third kappa shape index (κ3) is 3.03. The number of nitro benzene ring substituents is 1. The second-order valence-electron chi connectivity index (χ2n) is 5.02. The molecule has 0 bridgehead atoms. The van der Waals surface area contributed by atoms with Crippen molar-refractivity contribution in [2.75, 3.05) is 0 Å². The molecule has 0 N–H and O–H groups in total. The van der Waals surface area contributed by atoms with Crippen molar-refractivity contribution in [3.05, 3.63) is 69.8 Å². The molecule has 1 heterocycles. The molecular formula is C16H15NO4. The maximum Gasteiger partial charge on any atom is 0.311 e. The van der Waals surface area contributed by atoms with Crippen molar-refractivity contribution >= 4 is 5.69 Å². The van der Waals surface area contributed by atoms with Gasteiger partial charge < -0.3 is 9.47 Å². The molecule has 2 unspecified atom stereocenters. The fourth-order valence-corrected chi connectivity index (χ4v) is 2.25. The van der Waals surface area contributed by atoms with E-state index >= 15 is 0 Å². The van der Waals surface area contributed by atoms with E-state index in [1.165, 1.54) is 6.07 Å². The Morgan fingerprint density at radius 1 is 1.24 bits per heavy atom. The molecule has 0 saturated carbocycles. The molecule has 0 radical (unpaired) electrons. The monoisotopic (exact) mass is 285 g/mol. The first-order chi connectivity index (χ1) is 10.1. The molecule has 2 aromatic carbocycles. The lowest BCUT2D eigenvalue weighted by Crippen LogP contribution is -2.00. The van der Waals surface area contributed by atoms with Gasteiger partial charge in [0.1, 0.15) is 12.7 Å². The predicted octanol–water partition coefficient (Wildman–Crippen LogP) is 3.63. The predicted molar refractivity (Wildman–Crippen MR) is 77.2 cm³/mol. The first-order valence-electron chi connectivity index (χ1n) is 6.75. The minimum absolute atomic E-state index is 0.0221. The zero-order valence-corrected chi connectivity index (χ0v) is 11.6. The fourth-order valence-electron chi connectivity index (χ4n) is 2.25. The number of ether oxygens (including phenoxy) is 2. The van der Waals surface area contributed by atoms with Crippen LogP contribution in [0.1, 0.15) is 24.2 Å². The fraction of sp³-hybridized carbons (Fsp3) is 0.250. The minimum atomic E-state index is -0.420. The second kappa shape index (κ2) is 5.54. The van der Waals surface area contributed by atoms with E-state index in [2.05, 4.69) is 0 Å². The Kier molecular flexibility index (Phi) is 3.58. The number of nitrogens with zero attached hydrogens (tertiary/aromatic N) is 1. The molecule has 108 valence electrons. The molecule has 1 saturated heterocycles. The number of hydrogen-bond donors (Lipinski definition) is 0. The number of hydrogen-bond acceptors (Lipinski definition) is 4. The highest BCUT2D eigenvalue weighted by Gasteiger charge is 2.37. The van der Waals surface area contributed by atoms with Crippen LogP contribution in [0.15, 0.2) is 48.5 Å². The van der Waals surface area contributed by atoms with Crippen molar-refractivity contribution in [3.63, 3.8) is 0 Å². The smallest absolute Gasteiger partial charge is 0.311 e. The van der Waals surface area contributed by atoms with Crippen LogP contribution in [0, 0.1) is 10.1 Å². The molecule has 0 amide bonds. The van der Waals surface area contributed by atoms with E-state index in [1.54, 1.807) is 6.07 Å². The molecule has 0 aromatic heterocycles. The molecule has 3 rings (SSSR count). The van der Waals surface area contributed by atoms with Crippen LogP contribution >= 0.6 is 0 Å². The maximum absolute atomic E-state index is 11.2. The van der Waals surface area contributed by atoms with Crippen molar-refractivity contribution in [1.82, 2.24) is 0 Å². The number of epoxide rings is 1. The summed E-state index contributed by atoms with van der Waals surface area (Å²) in [7, 11) is 0. The number of rotatable bonds is 5. The van der Waals surface area contributed by atoms with Gasteiger partial charge in [0.2, 0.25) is 0 Å². The molecule has 1 fully saturated rings. The summed E-state index contributed by atoms with van der Waals surface area (Å²) in [6.45, 7) is 2.24. The van der Waals surface area contributed by atoms with Crippen LogP contribution in [-0.2, 0) is 11.3 Å². The first-order valence-corrected chi connectivity index (χ1v) is 6.75. The number of nitro groups is 1. The van der Waals surface area contributed by atoms with Crippen LogP contribution in [-0.4, -0.2) is 11.0 Å². The van der Waals surface area contributed by atoms with Gasteiger partial charge in [-0.25, -0.2) is 0 Å². The molecule has 2 aromatic rings. The number of benzene rings is 2. The van der Waals surface area contributed by atoms with E-state index < -0.39 is 4.92 Å². The summed E-state index contributed by atoms with van der Waals surface area (Å²) in [5.74, 6) is 0.279. The topological polar surface area (TPSA) is 64.9 Å². The molecule has 5 heteroatoms. The largest absolute Gasteiger partial charge is 0.482 e. The maximum atomic E-state index is 11.2. The summed E-state index contributed by atoms with van der Waals surface area (Å²) < 4.78 is 10.9. The highest BCUT2D eigenvalue weighted by Crippen LogP contribution is 2.41. The molecular weight excluding hydrogens is 270 g/mol. The third-order valence-electron chi connectivity index (χ3n) is 3.46. The van der Waals surface area contributed by atoms with E-state index in [4.69, 9.17) is 9.47 Å². The average Bonchev–Trinajstić information content (AvgIpc) is 3.23. The lowest BCUT2D eigenvalue weighted by molar-refractivity contribution is -0.386. The Hall–Kier alpha value is -2.40. The lowest BCUT2D eigenvalue weighted by Gasteiger charge is -2.08. The Morgan fingerprint density at radius 3 is 2.57 bits per heavy atom. The standard InChI is InChI=1S/C16H15NO4/c1-11-16(21-11)13-7-8-15(14(9-13)17(18)19)20-10-12-5-3-2-4-6-12/h2-9,11,16H,10H2,1H3. The molecule has 5 nitrogen and oxygen atoms in total. The summed E-state index contributed by atoms with van der Waals surface area (Å²) in [4.78, 5) is 10.8. The summed E-state index contributed by atoms with van der Waals surface area (Å²) in [5.41, 5.74) is 1.77. The van der Waals surface area contributed by atoms with Gasteiger partial charge in [-0.1, -0.05) is 36.4 Å². The van der Waals surface area contributed by atoms with Gasteiger partial charge >= 0.3 is 5.69 Å².